The molecule has 1 amide bonds. The van der Waals surface area contributed by atoms with Gasteiger partial charge in [0.05, 0.1) is 17.7 Å². The molecule has 2 aromatic rings. The van der Waals surface area contributed by atoms with Crippen LogP contribution in [0.3, 0.4) is 0 Å². The molecule has 3 rings (SSSR count). The van der Waals surface area contributed by atoms with Crippen LogP contribution < -0.4 is 10.1 Å². The zero-order chi connectivity index (χ0) is 21.7. The summed E-state index contributed by atoms with van der Waals surface area (Å²) in [6, 6.07) is 11.5. The fraction of sp³-hybridized carbons (Fsp3) is 0.300. The molecule has 0 unspecified atom stereocenters. The number of nitrogens with one attached hydrogen (secondary N) is 1. The van der Waals surface area contributed by atoms with Gasteiger partial charge in [-0.05, 0) is 49.2 Å². The minimum Gasteiger partial charge on any atom is -0.495 e. The van der Waals surface area contributed by atoms with E-state index in [0.717, 1.165) is 4.31 Å². The number of hydrogen-bond acceptors (Lipinski definition) is 6. The second kappa shape index (κ2) is 9.46. The summed E-state index contributed by atoms with van der Waals surface area (Å²) in [6.45, 7) is -0.347. The minimum absolute atomic E-state index is 0.0421. The standard InChI is InChI=1S/C20H21ClN2O6S/c1-28-18-7-3-2-5-16(18)22-19(24)13-29-20(25)17-6-4-12-23(17)30(26,27)15-10-8-14(21)9-11-15/h2-3,5,7-11,17H,4,6,12-13H2,1H3,(H,22,24)/t17-/m0/s1. The van der Waals surface area contributed by atoms with E-state index in [1.807, 2.05) is 0 Å². The van der Waals surface area contributed by atoms with Crippen LogP contribution in [0.2, 0.25) is 5.02 Å². The number of para-hydroxylation sites is 2. The number of hydrogen-bond donors (Lipinski definition) is 1. The lowest BCUT2D eigenvalue weighted by molar-refractivity contribution is -0.150. The van der Waals surface area contributed by atoms with Gasteiger partial charge in [-0.15, -0.1) is 0 Å². The van der Waals surface area contributed by atoms with E-state index in [4.69, 9.17) is 21.1 Å². The number of benzene rings is 2. The van der Waals surface area contributed by atoms with E-state index >= 15 is 0 Å². The van der Waals surface area contributed by atoms with Crippen LogP contribution in [-0.2, 0) is 24.3 Å². The van der Waals surface area contributed by atoms with Crippen molar-refractivity contribution in [3.05, 3.63) is 53.6 Å². The van der Waals surface area contributed by atoms with Gasteiger partial charge in [0.2, 0.25) is 10.0 Å². The van der Waals surface area contributed by atoms with E-state index < -0.39 is 34.5 Å². The Bertz CT molecular complexity index is 1030. The average Bonchev–Trinajstić information content (AvgIpc) is 3.24. The summed E-state index contributed by atoms with van der Waals surface area (Å²) in [7, 11) is -2.42. The summed E-state index contributed by atoms with van der Waals surface area (Å²) >= 11 is 5.82. The van der Waals surface area contributed by atoms with E-state index in [2.05, 4.69) is 5.32 Å². The first-order chi connectivity index (χ1) is 14.3. The van der Waals surface area contributed by atoms with Gasteiger partial charge < -0.3 is 14.8 Å². The van der Waals surface area contributed by atoms with E-state index in [1.165, 1.54) is 31.4 Å². The molecule has 1 aliphatic rings. The number of nitrogens with zero attached hydrogens (tertiary/aromatic N) is 1. The first kappa shape index (κ1) is 22.1. The quantitative estimate of drug-likeness (QED) is 0.648. The number of esters is 1. The number of halogens is 1. The first-order valence-electron chi connectivity index (χ1n) is 9.20. The van der Waals surface area contributed by atoms with E-state index in [0.29, 0.717) is 29.3 Å². The topological polar surface area (TPSA) is 102 Å². The number of carbonyl (C=O) groups excluding carboxylic acids is 2. The fourth-order valence-electron chi connectivity index (χ4n) is 3.17. The predicted octanol–water partition coefficient (Wildman–Crippen LogP) is 2.68. The Morgan fingerprint density at radius 2 is 1.87 bits per heavy atom. The second-order valence-electron chi connectivity index (χ2n) is 6.58. The smallest absolute Gasteiger partial charge is 0.324 e. The van der Waals surface area contributed by atoms with E-state index in [1.54, 1.807) is 24.3 Å². The van der Waals surface area contributed by atoms with Crippen molar-refractivity contribution in [1.29, 1.82) is 0 Å². The van der Waals surface area contributed by atoms with Gasteiger partial charge in [-0.3, -0.25) is 9.59 Å². The molecule has 1 N–H and O–H groups in total. The van der Waals surface area contributed by atoms with Crippen LogP contribution in [0.5, 0.6) is 5.75 Å². The highest BCUT2D eigenvalue weighted by molar-refractivity contribution is 7.89. The van der Waals surface area contributed by atoms with Crippen molar-refractivity contribution in [1.82, 2.24) is 4.31 Å². The summed E-state index contributed by atoms with van der Waals surface area (Å²) in [5.41, 5.74) is 0.439. The maximum Gasteiger partial charge on any atom is 0.324 e. The third-order valence-electron chi connectivity index (χ3n) is 4.62. The van der Waals surface area contributed by atoms with Gasteiger partial charge in [0.25, 0.3) is 5.91 Å². The van der Waals surface area contributed by atoms with Gasteiger partial charge >= 0.3 is 5.97 Å². The lowest BCUT2D eigenvalue weighted by atomic mass is 10.2. The Hall–Kier alpha value is -2.62. The van der Waals surface area contributed by atoms with Gasteiger partial charge in [0.1, 0.15) is 11.8 Å². The molecule has 0 spiro atoms. The van der Waals surface area contributed by atoms with E-state index in [-0.39, 0.29) is 11.4 Å². The number of amides is 1. The number of anilines is 1. The summed E-state index contributed by atoms with van der Waals surface area (Å²) in [6.07, 6.45) is 0.833. The van der Waals surface area contributed by atoms with Gasteiger partial charge in [-0.25, -0.2) is 8.42 Å². The van der Waals surface area contributed by atoms with Crippen LogP contribution in [0, 0.1) is 0 Å². The molecule has 10 heteroatoms. The number of ether oxygens (including phenoxy) is 2. The summed E-state index contributed by atoms with van der Waals surface area (Å²) < 4.78 is 37.1. The fourth-order valence-corrected chi connectivity index (χ4v) is 4.95. The number of carbonyl (C=O) groups is 2. The highest BCUT2D eigenvalue weighted by Crippen LogP contribution is 2.28. The van der Waals surface area contributed by atoms with E-state index in [9.17, 15) is 18.0 Å². The third-order valence-corrected chi connectivity index (χ3v) is 6.80. The van der Waals surface area contributed by atoms with Gasteiger partial charge in [0, 0.05) is 11.6 Å². The molecule has 2 aromatic carbocycles. The van der Waals surface area contributed by atoms with Crippen molar-refractivity contribution in [2.45, 2.75) is 23.8 Å². The first-order valence-corrected chi connectivity index (χ1v) is 11.0. The van der Waals surface area contributed by atoms with Crippen LogP contribution in [0.1, 0.15) is 12.8 Å². The van der Waals surface area contributed by atoms with Crippen molar-refractivity contribution in [2.75, 3.05) is 25.6 Å². The van der Waals surface area contributed by atoms with Gasteiger partial charge in [-0.1, -0.05) is 23.7 Å². The van der Waals surface area contributed by atoms with Crippen LogP contribution in [0.25, 0.3) is 0 Å². The average molecular weight is 453 g/mol. The maximum absolute atomic E-state index is 12.9. The lowest BCUT2D eigenvalue weighted by Gasteiger charge is -2.22. The SMILES string of the molecule is COc1ccccc1NC(=O)COC(=O)[C@@H]1CCCN1S(=O)(=O)c1ccc(Cl)cc1. The maximum atomic E-state index is 12.9. The number of methoxy groups -OCH3 is 1. The Kier molecular flexibility index (Phi) is 6.96. The molecule has 1 fully saturated rings. The normalized spacial score (nSPS) is 16.8. The van der Waals surface area contributed by atoms with Crippen LogP contribution in [0.15, 0.2) is 53.4 Å². The monoisotopic (exact) mass is 452 g/mol. The van der Waals surface area contributed by atoms with Crippen molar-refractivity contribution < 1.29 is 27.5 Å². The molecule has 1 heterocycles. The van der Waals surface area contributed by atoms with Crippen LogP contribution in [-0.4, -0.2) is 50.9 Å². The molecular weight excluding hydrogens is 432 g/mol. The molecule has 8 nitrogen and oxygen atoms in total. The van der Waals surface area contributed by atoms with Gasteiger partial charge in [0.15, 0.2) is 6.61 Å². The molecule has 1 saturated heterocycles. The van der Waals surface area contributed by atoms with Crippen molar-refractivity contribution in [2.24, 2.45) is 0 Å². The number of sulfonamides is 1. The van der Waals surface area contributed by atoms with Crippen LogP contribution in [0.4, 0.5) is 5.69 Å². The Morgan fingerprint density at radius 3 is 2.57 bits per heavy atom. The molecule has 0 bridgehead atoms. The van der Waals surface area contributed by atoms with Crippen molar-refractivity contribution in [3.63, 3.8) is 0 Å². The molecule has 0 saturated carbocycles. The molecular formula is C20H21ClN2O6S. The van der Waals surface area contributed by atoms with Gasteiger partial charge in [-0.2, -0.15) is 4.31 Å². The van der Waals surface area contributed by atoms with Crippen LogP contribution >= 0.6 is 11.6 Å². The highest BCUT2D eigenvalue weighted by atomic mass is 35.5. The molecule has 160 valence electrons. The summed E-state index contributed by atoms with van der Waals surface area (Å²) in [4.78, 5) is 24.7. The lowest BCUT2D eigenvalue weighted by Crippen LogP contribution is -2.42. The molecule has 30 heavy (non-hydrogen) atoms. The molecule has 1 aliphatic heterocycles. The minimum atomic E-state index is -3.89. The second-order valence-corrected chi connectivity index (χ2v) is 8.91. The Labute approximate surface area is 179 Å². The zero-order valence-corrected chi connectivity index (χ0v) is 17.8. The van der Waals surface area contributed by atoms with Crippen molar-refractivity contribution >= 4 is 39.2 Å². The highest BCUT2D eigenvalue weighted by Gasteiger charge is 2.40. The molecule has 0 radical (unpaired) electrons. The molecule has 1 atom stereocenters. The predicted molar refractivity (Wildman–Crippen MR) is 111 cm³/mol. The molecule has 0 aliphatic carbocycles. The third kappa shape index (κ3) is 4.92. The summed E-state index contributed by atoms with van der Waals surface area (Å²) in [5, 5.41) is 3.00. The largest absolute Gasteiger partial charge is 0.495 e. The zero-order valence-electron chi connectivity index (χ0n) is 16.2. The molecule has 0 aromatic heterocycles. The summed E-state index contributed by atoms with van der Waals surface area (Å²) in [5.74, 6) is -0.855. The Morgan fingerprint density at radius 1 is 1.17 bits per heavy atom. The number of rotatable bonds is 7. The Balaban J connectivity index is 1.63. The van der Waals surface area contributed by atoms with Crippen molar-refractivity contribution in [3.8, 4) is 5.75 Å².